The fourth-order valence-corrected chi connectivity index (χ4v) is 0.750. The molecule has 0 amide bonds. The third-order valence-corrected chi connectivity index (χ3v) is 5.74. The fraction of sp³-hybridized carbons (Fsp3) is 1.00. The van der Waals surface area contributed by atoms with Gasteiger partial charge in [0, 0.05) is 45.3 Å². The SMILES string of the molecule is CC[Si](C)(C)CC.II. The summed E-state index contributed by atoms with van der Waals surface area (Å²) in [7, 11) is -0.651. The highest BCUT2D eigenvalue weighted by molar-refractivity contribution is 15.0. The third-order valence-electron chi connectivity index (χ3n) is 1.91. The van der Waals surface area contributed by atoms with Crippen LogP contribution in [0, 0.1) is 0 Å². The third kappa shape index (κ3) is 9.68. The van der Waals surface area contributed by atoms with Gasteiger partial charge in [0.25, 0.3) is 0 Å². The summed E-state index contributed by atoms with van der Waals surface area (Å²) in [6, 6.07) is 2.87. The first kappa shape index (κ1) is 13.3. The maximum absolute atomic E-state index is 2.44. The summed E-state index contributed by atoms with van der Waals surface area (Å²) in [6.45, 7) is 9.48. The van der Waals surface area contributed by atoms with Crippen molar-refractivity contribution in [2.75, 3.05) is 0 Å². The quantitative estimate of drug-likeness (QED) is 0.496. The Labute approximate surface area is 83.5 Å². The van der Waals surface area contributed by atoms with Crippen LogP contribution in [0.2, 0.25) is 25.2 Å². The highest BCUT2D eigenvalue weighted by Crippen LogP contribution is 2.12. The lowest BCUT2D eigenvalue weighted by Crippen LogP contribution is -2.21. The Kier molecular flexibility index (Phi) is 11.5. The zero-order chi connectivity index (χ0) is 7.91. The molecule has 0 N–H and O–H groups in total. The van der Waals surface area contributed by atoms with Crippen molar-refractivity contribution in [3.63, 3.8) is 0 Å². The molecule has 0 heterocycles. The Bertz CT molecular complexity index is 49.0. The van der Waals surface area contributed by atoms with Gasteiger partial charge in [0.1, 0.15) is 0 Å². The van der Waals surface area contributed by atoms with Crippen molar-refractivity contribution in [2.45, 2.75) is 39.0 Å². The second kappa shape index (κ2) is 7.78. The van der Waals surface area contributed by atoms with E-state index in [1.807, 2.05) is 0 Å². The molecular formula is C6H16I2Si. The van der Waals surface area contributed by atoms with Gasteiger partial charge in [-0.2, -0.15) is 0 Å². The Hall–Kier alpha value is 1.68. The average molecular weight is 370 g/mol. The number of hydrogen-bond acceptors (Lipinski definition) is 0. The molecule has 0 nitrogen and oxygen atoms in total. The van der Waals surface area contributed by atoms with Gasteiger partial charge >= 0.3 is 0 Å². The number of rotatable bonds is 2. The molecule has 0 rings (SSSR count). The lowest BCUT2D eigenvalue weighted by atomic mass is 10.9. The standard InChI is InChI=1S/C6H16Si.I2/c1-5-7(3,4)6-2;1-2/h5-6H2,1-4H3;. The van der Waals surface area contributed by atoms with Gasteiger partial charge in [0.2, 0.25) is 0 Å². The predicted molar refractivity (Wildman–Crippen MR) is 66.5 cm³/mol. The Balaban J connectivity index is 0. The van der Waals surface area contributed by atoms with E-state index in [9.17, 15) is 0 Å². The van der Waals surface area contributed by atoms with Crippen LogP contribution >= 0.6 is 37.2 Å². The van der Waals surface area contributed by atoms with Gasteiger partial charge in [0.15, 0.2) is 0 Å². The van der Waals surface area contributed by atoms with Crippen LogP contribution < -0.4 is 0 Å². The second-order valence-electron chi connectivity index (χ2n) is 2.87. The van der Waals surface area contributed by atoms with Gasteiger partial charge in [-0.15, -0.1) is 0 Å². The molecule has 0 aliphatic heterocycles. The normalized spacial score (nSPS) is 10.0. The van der Waals surface area contributed by atoms with Crippen LogP contribution in [0.25, 0.3) is 0 Å². The van der Waals surface area contributed by atoms with Crippen LogP contribution in [0.5, 0.6) is 0 Å². The molecule has 0 saturated carbocycles. The smallest absolute Gasteiger partial charge is 0.0468 e. The van der Waals surface area contributed by atoms with Gasteiger partial charge in [0.05, 0.1) is 0 Å². The Morgan fingerprint density at radius 3 is 1.22 bits per heavy atom. The van der Waals surface area contributed by atoms with Crippen LogP contribution in [0.4, 0.5) is 0 Å². The van der Waals surface area contributed by atoms with Crippen molar-refractivity contribution in [3.05, 3.63) is 0 Å². The van der Waals surface area contributed by atoms with Gasteiger partial charge in [-0.05, 0) is 0 Å². The van der Waals surface area contributed by atoms with E-state index in [2.05, 4.69) is 64.2 Å². The summed E-state index contributed by atoms with van der Waals surface area (Å²) in [5.41, 5.74) is 0. The maximum Gasteiger partial charge on any atom is 0.0468 e. The molecule has 0 aliphatic carbocycles. The summed E-state index contributed by atoms with van der Waals surface area (Å²) in [4.78, 5) is 0. The van der Waals surface area contributed by atoms with E-state index in [0.717, 1.165) is 0 Å². The van der Waals surface area contributed by atoms with Gasteiger partial charge < -0.3 is 0 Å². The van der Waals surface area contributed by atoms with Crippen molar-refractivity contribution >= 4 is 45.3 Å². The summed E-state index contributed by atoms with van der Waals surface area (Å²) < 4.78 is 0. The van der Waals surface area contributed by atoms with Crippen molar-refractivity contribution in [3.8, 4) is 0 Å². The van der Waals surface area contributed by atoms with Crippen LogP contribution in [-0.4, -0.2) is 8.07 Å². The van der Waals surface area contributed by atoms with Crippen LogP contribution in [-0.2, 0) is 0 Å². The first-order chi connectivity index (χ1) is 4.12. The van der Waals surface area contributed by atoms with Crippen LogP contribution in [0.1, 0.15) is 13.8 Å². The molecular weight excluding hydrogens is 354 g/mol. The topological polar surface area (TPSA) is 0 Å². The second-order valence-corrected chi connectivity index (χ2v) is 8.61. The summed E-state index contributed by atoms with van der Waals surface area (Å²) in [5.74, 6) is 0. The summed E-state index contributed by atoms with van der Waals surface area (Å²) >= 11 is 4.24. The first-order valence-electron chi connectivity index (χ1n) is 3.26. The van der Waals surface area contributed by atoms with Crippen molar-refractivity contribution in [2.24, 2.45) is 0 Å². The van der Waals surface area contributed by atoms with E-state index in [-0.39, 0.29) is 0 Å². The average Bonchev–Trinajstić information content (AvgIpc) is 1.93. The molecule has 0 spiro atoms. The van der Waals surface area contributed by atoms with E-state index in [4.69, 9.17) is 0 Å². The Morgan fingerprint density at radius 2 is 1.22 bits per heavy atom. The van der Waals surface area contributed by atoms with Crippen LogP contribution in [0.3, 0.4) is 0 Å². The number of hydrogen-bond donors (Lipinski definition) is 0. The summed E-state index contributed by atoms with van der Waals surface area (Å²) in [5, 5.41) is 0. The van der Waals surface area contributed by atoms with Crippen LogP contribution in [0.15, 0.2) is 0 Å². The van der Waals surface area contributed by atoms with E-state index in [1.54, 1.807) is 0 Å². The molecule has 0 aromatic carbocycles. The van der Waals surface area contributed by atoms with E-state index in [1.165, 1.54) is 12.1 Å². The van der Waals surface area contributed by atoms with Gasteiger partial charge in [-0.3, -0.25) is 0 Å². The minimum absolute atomic E-state index is 0.651. The molecule has 0 bridgehead atoms. The van der Waals surface area contributed by atoms with Crippen molar-refractivity contribution in [1.82, 2.24) is 0 Å². The highest BCUT2D eigenvalue weighted by atomic mass is 128. The highest BCUT2D eigenvalue weighted by Gasteiger charge is 2.12. The van der Waals surface area contributed by atoms with Gasteiger partial charge in [-0.25, -0.2) is 0 Å². The molecule has 0 saturated heterocycles. The van der Waals surface area contributed by atoms with E-state index >= 15 is 0 Å². The van der Waals surface area contributed by atoms with E-state index in [0.29, 0.717) is 0 Å². The Morgan fingerprint density at radius 1 is 1.00 bits per heavy atom. The zero-order valence-electron chi connectivity index (χ0n) is 6.67. The molecule has 0 aromatic rings. The fourth-order valence-electron chi connectivity index (χ4n) is 0.250. The molecule has 0 unspecified atom stereocenters. The lowest BCUT2D eigenvalue weighted by Gasteiger charge is -2.15. The van der Waals surface area contributed by atoms with Gasteiger partial charge in [-0.1, -0.05) is 39.0 Å². The maximum atomic E-state index is 2.44. The molecule has 0 aromatic heterocycles. The summed E-state index contributed by atoms with van der Waals surface area (Å²) in [6.07, 6.45) is 0. The molecule has 3 heteroatoms. The number of halogens is 2. The largest absolute Gasteiger partial charge is 0.0694 e. The first-order valence-corrected chi connectivity index (χ1v) is 13.0. The molecule has 0 fully saturated rings. The minimum atomic E-state index is -0.651. The molecule has 0 aliphatic rings. The minimum Gasteiger partial charge on any atom is -0.0694 e. The molecule has 58 valence electrons. The molecule has 0 atom stereocenters. The molecule has 9 heavy (non-hydrogen) atoms. The van der Waals surface area contributed by atoms with E-state index < -0.39 is 8.07 Å². The lowest BCUT2D eigenvalue weighted by molar-refractivity contribution is 1.25. The van der Waals surface area contributed by atoms with Crippen molar-refractivity contribution < 1.29 is 0 Å². The van der Waals surface area contributed by atoms with Crippen molar-refractivity contribution in [1.29, 1.82) is 0 Å². The molecule has 0 radical (unpaired) electrons. The monoisotopic (exact) mass is 370 g/mol. The zero-order valence-corrected chi connectivity index (χ0v) is 12.0. The predicted octanol–water partition coefficient (Wildman–Crippen LogP) is 4.51.